The Kier molecular flexibility index (Phi) is 6.82. The van der Waals surface area contributed by atoms with Crippen LogP contribution in [0.25, 0.3) is 0 Å². The highest BCUT2D eigenvalue weighted by Gasteiger charge is 2.30. The monoisotopic (exact) mass is 381 g/mol. The summed E-state index contributed by atoms with van der Waals surface area (Å²) in [6.07, 6.45) is 3.87. The molecule has 0 aromatic heterocycles. The van der Waals surface area contributed by atoms with Crippen LogP contribution in [0.15, 0.2) is 29.2 Å². The van der Waals surface area contributed by atoms with E-state index in [-0.39, 0.29) is 16.7 Å². The molecule has 0 radical (unpaired) electrons. The molecular formula is C19H31N3O3S. The Balaban J connectivity index is 2.25. The maximum absolute atomic E-state index is 12.9. The van der Waals surface area contributed by atoms with Crippen LogP contribution in [0.3, 0.4) is 0 Å². The molecule has 6 nitrogen and oxygen atoms in total. The molecule has 1 aromatic carbocycles. The molecule has 1 aromatic rings. The normalized spacial score (nSPS) is 19.0. The van der Waals surface area contributed by atoms with Crippen molar-refractivity contribution in [1.82, 2.24) is 9.62 Å². The van der Waals surface area contributed by atoms with Crippen LogP contribution >= 0.6 is 0 Å². The molecule has 1 fully saturated rings. The maximum atomic E-state index is 12.9. The fraction of sp³-hybridized carbons (Fsp3) is 0.632. The van der Waals surface area contributed by atoms with Crippen molar-refractivity contribution >= 4 is 15.9 Å². The van der Waals surface area contributed by atoms with E-state index in [0.717, 1.165) is 25.7 Å². The molecule has 7 heteroatoms. The Bertz CT molecular complexity index is 725. The minimum Gasteiger partial charge on any atom is -0.345 e. The summed E-state index contributed by atoms with van der Waals surface area (Å²) in [5, 5.41) is 2.95. The van der Waals surface area contributed by atoms with Crippen molar-refractivity contribution in [1.29, 1.82) is 0 Å². The van der Waals surface area contributed by atoms with E-state index < -0.39 is 15.6 Å². The number of nitrogens with one attached hydrogen (secondary N) is 1. The predicted molar refractivity (Wildman–Crippen MR) is 103 cm³/mol. The molecular weight excluding hydrogens is 350 g/mol. The van der Waals surface area contributed by atoms with Crippen molar-refractivity contribution in [3.63, 3.8) is 0 Å². The number of nitrogens with zero attached hydrogens (tertiary/aromatic N) is 1. The van der Waals surface area contributed by atoms with E-state index in [1.165, 1.54) is 10.4 Å². The molecule has 0 bridgehead atoms. The van der Waals surface area contributed by atoms with Crippen molar-refractivity contribution in [3.05, 3.63) is 29.8 Å². The fourth-order valence-corrected chi connectivity index (χ4v) is 4.55. The predicted octanol–water partition coefficient (Wildman–Crippen LogP) is 2.35. The first-order valence-electron chi connectivity index (χ1n) is 9.33. The summed E-state index contributed by atoms with van der Waals surface area (Å²) < 4.78 is 27.4. The first kappa shape index (κ1) is 20.9. The van der Waals surface area contributed by atoms with Crippen LogP contribution in [0.1, 0.15) is 56.8 Å². The van der Waals surface area contributed by atoms with Gasteiger partial charge in [0.2, 0.25) is 10.0 Å². The van der Waals surface area contributed by atoms with Crippen LogP contribution in [-0.4, -0.2) is 43.8 Å². The molecule has 0 spiro atoms. The topological polar surface area (TPSA) is 92.5 Å². The van der Waals surface area contributed by atoms with Gasteiger partial charge in [0.1, 0.15) is 0 Å². The van der Waals surface area contributed by atoms with E-state index in [9.17, 15) is 13.2 Å². The molecule has 1 atom stereocenters. The number of benzene rings is 1. The third kappa shape index (κ3) is 4.64. The lowest BCUT2D eigenvalue weighted by molar-refractivity contribution is 0.0883. The minimum absolute atomic E-state index is 0.153. The summed E-state index contributed by atoms with van der Waals surface area (Å²) in [4.78, 5) is 12.8. The quantitative estimate of drug-likeness (QED) is 0.791. The van der Waals surface area contributed by atoms with E-state index in [1.807, 2.05) is 20.8 Å². The van der Waals surface area contributed by atoms with E-state index >= 15 is 0 Å². The molecule has 1 heterocycles. The third-order valence-corrected chi connectivity index (χ3v) is 7.29. The zero-order valence-electron chi connectivity index (χ0n) is 16.0. The van der Waals surface area contributed by atoms with Crippen LogP contribution in [0.4, 0.5) is 0 Å². The van der Waals surface area contributed by atoms with Crippen molar-refractivity contribution < 1.29 is 13.2 Å². The summed E-state index contributed by atoms with van der Waals surface area (Å²) in [6.45, 7) is 7.27. The first-order valence-corrected chi connectivity index (χ1v) is 10.8. The van der Waals surface area contributed by atoms with Gasteiger partial charge in [-0.25, -0.2) is 8.42 Å². The van der Waals surface area contributed by atoms with Gasteiger partial charge < -0.3 is 11.1 Å². The second kappa shape index (κ2) is 8.50. The average Bonchev–Trinajstić information content (AvgIpc) is 2.91. The standard InChI is InChI=1S/C19H31N3O3S/c1-15(2)19(3,14-20)21-18(23)16-9-8-10-17(13-16)26(24,25)22-11-6-4-5-7-12-22/h8-10,13,15H,4-7,11-12,14,20H2,1-3H3,(H,21,23). The van der Waals surface area contributed by atoms with E-state index in [1.54, 1.807) is 18.2 Å². The molecule has 1 unspecified atom stereocenters. The van der Waals surface area contributed by atoms with Gasteiger partial charge in [-0.05, 0) is 43.9 Å². The maximum Gasteiger partial charge on any atom is 0.251 e. The van der Waals surface area contributed by atoms with Gasteiger partial charge in [0.15, 0.2) is 0 Å². The molecule has 1 aliphatic heterocycles. The van der Waals surface area contributed by atoms with Gasteiger partial charge in [-0.1, -0.05) is 32.8 Å². The lowest BCUT2D eigenvalue weighted by Gasteiger charge is -2.33. The van der Waals surface area contributed by atoms with Crippen molar-refractivity contribution in [2.45, 2.75) is 56.9 Å². The summed E-state index contributed by atoms with van der Waals surface area (Å²) >= 11 is 0. The number of hydrogen-bond acceptors (Lipinski definition) is 4. The van der Waals surface area contributed by atoms with Crippen LogP contribution in [0.2, 0.25) is 0 Å². The van der Waals surface area contributed by atoms with E-state index in [4.69, 9.17) is 5.73 Å². The summed E-state index contributed by atoms with van der Waals surface area (Å²) in [5.74, 6) is -0.153. The SMILES string of the molecule is CC(C)C(C)(CN)NC(=O)c1cccc(S(=O)(=O)N2CCCCCC2)c1. The second-order valence-corrected chi connectivity index (χ2v) is 9.51. The molecule has 0 aliphatic carbocycles. The zero-order valence-corrected chi connectivity index (χ0v) is 16.8. The highest BCUT2D eigenvalue weighted by Crippen LogP contribution is 2.22. The van der Waals surface area contributed by atoms with E-state index in [0.29, 0.717) is 25.2 Å². The van der Waals surface area contributed by atoms with E-state index in [2.05, 4.69) is 5.32 Å². The van der Waals surface area contributed by atoms with Gasteiger partial charge in [0, 0.05) is 25.2 Å². The number of amides is 1. The first-order chi connectivity index (χ1) is 12.2. The highest BCUT2D eigenvalue weighted by molar-refractivity contribution is 7.89. The van der Waals surface area contributed by atoms with Gasteiger partial charge in [-0.2, -0.15) is 4.31 Å². The van der Waals surface area contributed by atoms with Crippen molar-refractivity contribution in [3.8, 4) is 0 Å². The van der Waals surface area contributed by atoms with Gasteiger partial charge in [-0.15, -0.1) is 0 Å². The van der Waals surface area contributed by atoms with Crippen LogP contribution in [-0.2, 0) is 10.0 Å². The Morgan fingerprint density at radius 3 is 2.38 bits per heavy atom. The minimum atomic E-state index is -3.58. The number of nitrogens with two attached hydrogens (primary N) is 1. The Hall–Kier alpha value is -1.44. The Labute approximate surface area is 157 Å². The molecule has 146 valence electrons. The zero-order chi connectivity index (χ0) is 19.4. The van der Waals surface area contributed by atoms with Gasteiger partial charge in [0.25, 0.3) is 5.91 Å². The lowest BCUT2D eigenvalue weighted by Crippen LogP contribution is -2.55. The Morgan fingerprint density at radius 1 is 1.23 bits per heavy atom. The molecule has 1 amide bonds. The summed E-state index contributed by atoms with van der Waals surface area (Å²) in [6, 6.07) is 6.28. The molecule has 0 saturated carbocycles. The van der Waals surface area contributed by atoms with Crippen LogP contribution in [0, 0.1) is 5.92 Å². The summed E-state index contributed by atoms with van der Waals surface area (Å²) in [7, 11) is -3.58. The fourth-order valence-electron chi connectivity index (χ4n) is 2.99. The number of carbonyl (C=O) groups excluding carboxylic acids is 1. The summed E-state index contributed by atoms with van der Waals surface area (Å²) in [5.41, 5.74) is 5.62. The molecule has 1 aliphatic rings. The Morgan fingerprint density at radius 2 is 1.85 bits per heavy atom. The van der Waals surface area contributed by atoms with Crippen LogP contribution < -0.4 is 11.1 Å². The largest absolute Gasteiger partial charge is 0.345 e. The van der Waals surface area contributed by atoms with Gasteiger partial charge in [-0.3, -0.25) is 4.79 Å². The molecule has 1 saturated heterocycles. The number of hydrogen-bond donors (Lipinski definition) is 2. The lowest BCUT2D eigenvalue weighted by atomic mass is 9.88. The molecule has 3 N–H and O–H groups in total. The smallest absolute Gasteiger partial charge is 0.251 e. The van der Waals surface area contributed by atoms with Gasteiger partial charge >= 0.3 is 0 Å². The number of rotatable bonds is 6. The van der Waals surface area contributed by atoms with Gasteiger partial charge in [0.05, 0.1) is 10.4 Å². The second-order valence-electron chi connectivity index (χ2n) is 7.58. The third-order valence-electron chi connectivity index (χ3n) is 5.40. The van der Waals surface area contributed by atoms with Crippen LogP contribution in [0.5, 0.6) is 0 Å². The van der Waals surface area contributed by atoms with Crippen molar-refractivity contribution in [2.24, 2.45) is 11.7 Å². The molecule has 2 rings (SSSR count). The number of sulfonamides is 1. The number of carbonyl (C=O) groups is 1. The average molecular weight is 382 g/mol. The molecule has 26 heavy (non-hydrogen) atoms. The van der Waals surface area contributed by atoms with Crippen molar-refractivity contribution in [2.75, 3.05) is 19.6 Å². The highest BCUT2D eigenvalue weighted by atomic mass is 32.2.